The van der Waals surface area contributed by atoms with E-state index in [2.05, 4.69) is 15.2 Å². The van der Waals surface area contributed by atoms with Gasteiger partial charge in [0.25, 0.3) is 11.4 Å². The zero-order valence-corrected chi connectivity index (χ0v) is 19.0. The van der Waals surface area contributed by atoms with Crippen LogP contribution in [0.15, 0.2) is 91.9 Å². The first-order valence-electron chi connectivity index (χ1n) is 9.83. The van der Waals surface area contributed by atoms with E-state index in [1.165, 1.54) is 4.68 Å². The van der Waals surface area contributed by atoms with Crippen LogP contribution in [0.3, 0.4) is 0 Å². The smallest absolute Gasteiger partial charge is 0.279 e. The van der Waals surface area contributed by atoms with Crippen molar-refractivity contribution in [3.63, 3.8) is 0 Å². The molecule has 2 heterocycles. The molecule has 0 aliphatic heterocycles. The van der Waals surface area contributed by atoms with Gasteiger partial charge in [0.15, 0.2) is 5.69 Å². The number of fused-ring (bicyclic) bond motifs is 1. The third-order valence-electron chi connectivity index (χ3n) is 5.08. The largest absolute Gasteiger partial charge is 0.332 e. The highest BCUT2D eigenvalue weighted by molar-refractivity contribution is 7.98. The minimum absolute atomic E-state index is 0.199. The van der Waals surface area contributed by atoms with Gasteiger partial charge in [-0.15, -0.1) is 23.5 Å². The van der Waals surface area contributed by atoms with Crippen molar-refractivity contribution in [3.8, 4) is 28.7 Å². The SMILES string of the molecule is CSc1ccc(-c2noc(-c3nn(-c4cccc(SC)c4)c(=O)c4ccccc34)n2)cc1. The van der Waals surface area contributed by atoms with E-state index in [1.54, 1.807) is 29.6 Å². The Labute approximate surface area is 192 Å². The fourth-order valence-corrected chi connectivity index (χ4v) is 4.30. The van der Waals surface area contributed by atoms with Crippen LogP contribution in [0.4, 0.5) is 0 Å². The van der Waals surface area contributed by atoms with E-state index >= 15 is 0 Å². The molecule has 0 unspecified atom stereocenters. The maximum Gasteiger partial charge on any atom is 0.279 e. The molecule has 32 heavy (non-hydrogen) atoms. The van der Waals surface area contributed by atoms with Crippen LogP contribution < -0.4 is 5.56 Å². The molecule has 3 aromatic carbocycles. The Kier molecular flexibility index (Phi) is 5.55. The van der Waals surface area contributed by atoms with Crippen LogP contribution >= 0.6 is 23.5 Å². The van der Waals surface area contributed by atoms with Gasteiger partial charge in [-0.1, -0.05) is 29.4 Å². The van der Waals surface area contributed by atoms with Crippen LogP contribution in [0.2, 0.25) is 0 Å². The summed E-state index contributed by atoms with van der Waals surface area (Å²) >= 11 is 3.28. The predicted molar refractivity (Wildman–Crippen MR) is 130 cm³/mol. The fraction of sp³-hybridized carbons (Fsp3) is 0.0833. The molecule has 0 aliphatic carbocycles. The second-order valence-electron chi connectivity index (χ2n) is 6.96. The van der Waals surface area contributed by atoms with Crippen molar-refractivity contribution in [2.75, 3.05) is 12.5 Å². The molecule has 0 fully saturated rings. The lowest BCUT2D eigenvalue weighted by Crippen LogP contribution is -2.22. The maximum atomic E-state index is 13.2. The van der Waals surface area contributed by atoms with Crippen LogP contribution in [0.25, 0.3) is 39.4 Å². The molecule has 5 rings (SSSR count). The number of benzene rings is 3. The molecular weight excluding hydrogens is 440 g/mol. The van der Waals surface area contributed by atoms with Gasteiger partial charge < -0.3 is 4.52 Å². The third-order valence-corrected chi connectivity index (χ3v) is 6.55. The molecule has 5 aromatic rings. The molecule has 0 aliphatic rings. The first-order chi connectivity index (χ1) is 15.7. The minimum atomic E-state index is -0.199. The quantitative estimate of drug-likeness (QED) is 0.320. The molecule has 158 valence electrons. The van der Waals surface area contributed by atoms with E-state index in [4.69, 9.17) is 4.52 Å². The summed E-state index contributed by atoms with van der Waals surface area (Å²) in [5.41, 5.74) is 1.80. The van der Waals surface area contributed by atoms with Crippen molar-refractivity contribution >= 4 is 34.3 Å². The Morgan fingerprint density at radius 1 is 0.844 bits per heavy atom. The summed E-state index contributed by atoms with van der Waals surface area (Å²) < 4.78 is 6.99. The summed E-state index contributed by atoms with van der Waals surface area (Å²) in [4.78, 5) is 20.0. The van der Waals surface area contributed by atoms with Crippen LogP contribution in [0.5, 0.6) is 0 Å². The van der Waals surface area contributed by atoms with Crippen molar-refractivity contribution in [1.29, 1.82) is 0 Å². The summed E-state index contributed by atoms with van der Waals surface area (Å²) in [6.45, 7) is 0. The van der Waals surface area contributed by atoms with Crippen LogP contribution in [-0.2, 0) is 0 Å². The zero-order chi connectivity index (χ0) is 22.1. The number of hydrogen-bond acceptors (Lipinski definition) is 7. The van der Waals surface area contributed by atoms with Crippen molar-refractivity contribution < 1.29 is 4.52 Å². The molecule has 0 bridgehead atoms. The number of hydrogen-bond donors (Lipinski definition) is 0. The molecule has 0 saturated carbocycles. The molecule has 0 spiro atoms. The van der Waals surface area contributed by atoms with Gasteiger partial charge in [0.05, 0.1) is 11.1 Å². The third kappa shape index (κ3) is 3.72. The standard InChI is InChI=1S/C24H18N4O2S2/c1-31-17-12-10-15(11-13-17)22-25-23(30-27-22)21-19-8-3-4-9-20(19)24(29)28(26-21)16-6-5-7-18(14-16)32-2/h3-14H,1-2H3. The average Bonchev–Trinajstić information content (AvgIpc) is 3.34. The van der Waals surface area contributed by atoms with Crippen molar-refractivity contribution in [3.05, 3.63) is 83.2 Å². The van der Waals surface area contributed by atoms with Crippen LogP contribution in [0.1, 0.15) is 0 Å². The topological polar surface area (TPSA) is 73.8 Å². The second kappa shape index (κ2) is 8.64. The molecule has 2 aromatic heterocycles. The minimum Gasteiger partial charge on any atom is -0.332 e. The predicted octanol–water partition coefficient (Wildman–Crippen LogP) is 5.55. The molecular formula is C24H18N4O2S2. The maximum absolute atomic E-state index is 13.2. The number of rotatable bonds is 5. The van der Waals surface area contributed by atoms with Crippen molar-refractivity contribution in [1.82, 2.24) is 19.9 Å². The Bertz CT molecular complexity index is 1480. The van der Waals surface area contributed by atoms with Gasteiger partial charge in [0.2, 0.25) is 5.82 Å². The van der Waals surface area contributed by atoms with Gasteiger partial charge in [-0.2, -0.15) is 14.8 Å². The zero-order valence-electron chi connectivity index (χ0n) is 17.4. The lowest BCUT2D eigenvalue weighted by Gasteiger charge is -2.10. The Balaban J connectivity index is 1.68. The summed E-state index contributed by atoms with van der Waals surface area (Å²) in [6.07, 6.45) is 4.02. The summed E-state index contributed by atoms with van der Waals surface area (Å²) in [5.74, 6) is 0.737. The normalized spacial score (nSPS) is 11.2. The Hall–Kier alpha value is -3.36. The van der Waals surface area contributed by atoms with E-state index in [-0.39, 0.29) is 11.4 Å². The number of thioether (sulfide) groups is 2. The van der Waals surface area contributed by atoms with Gasteiger partial charge in [0, 0.05) is 20.7 Å². The highest BCUT2D eigenvalue weighted by Crippen LogP contribution is 2.28. The monoisotopic (exact) mass is 458 g/mol. The lowest BCUT2D eigenvalue weighted by molar-refractivity contribution is 0.430. The van der Waals surface area contributed by atoms with Crippen molar-refractivity contribution in [2.24, 2.45) is 0 Å². The van der Waals surface area contributed by atoms with Gasteiger partial charge in [-0.25, -0.2) is 0 Å². The van der Waals surface area contributed by atoms with Gasteiger partial charge in [-0.3, -0.25) is 4.79 Å². The summed E-state index contributed by atoms with van der Waals surface area (Å²) in [7, 11) is 0. The average molecular weight is 459 g/mol. The highest BCUT2D eigenvalue weighted by Gasteiger charge is 2.19. The van der Waals surface area contributed by atoms with Crippen LogP contribution in [0, 0.1) is 0 Å². The Morgan fingerprint density at radius 3 is 2.34 bits per heavy atom. The molecule has 0 radical (unpaired) electrons. The molecule has 0 saturated heterocycles. The van der Waals surface area contributed by atoms with E-state index < -0.39 is 0 Å². The van der Waals surface area contributed by atoms with E-state index in [0.717, 1.165) is 15.4 Å². The summed E-state index contributed by atoms with van der Waals surface area (Å²) in [6, 6.07) is 23.0. The van der Waals surface area contributed by atoms with Crippen LogP contribution in [-0.4, -0.2) is 32.4 Å². The molecule has 0 amide bonds. The Morgan fingerprint density at radius 2 is 1.59 bits per heavy atom. The first kappa shape index (κ1) is 20.5. The molecule has 8 heteroatoms. The number of aromatic nitrogens is 4. The fourth-order valence-electron chi connectivity index (χ4n) is 3.44. The van der Waals surface area contributed by atoms with Gasteiger partial charge in [0.1, 0.15) is 0 Å². The lowest BCUT2D eigenvalue weighted by atomic mass is 10.1. The van der Waals surface area contributed by atoms with Gasteiger partial charge >= 0.3 is 0 Å². The van der Waals surface area contributed by atoms with Gasteiger partial charge in [-0.05, 0) is 61.0 Å². The van der Waals surface area contributed by atoms with E-state index in [1.807, 2.05) is 79.2 Å². The van der Waals surface area contributed by atoms with E-state index in [9.17, 15) is 4.79 Å². The molecule has 0 atom stereocenters. The van der Waals surface area contributed by atoms with Crippen molar-refractivity contribution in [2.45, 2.75) is 9.79 Å². The molecule has 0 N–H and O–H groups in total. The summed E-state index contributed by atoms with van der Waals surface area (Å²) in [5, 5.41) is 10.0. The first-order valence-corrected chi connectivity index (χ1v) is 12.3. The second-order valence-corrected chi connectivity index (χ2v) is 8.72. The van der Waals surface area contributed by atoms with E-state index in [0.29, 0.717) is 28.0 Å². The molecule has 6 nitrogen and oxygen atoms in total. The highest BCUT2D eigenvalue weighted by atomic mass is 32.2. The number of nitrogens with zero attached hydrogens (tertiary/aromatic N) is 4.